The van der Waals surface area contributed by atoms with Crippen molar-refractivity contribution in [2.24, 2.45) is 5.92 Å². The fraction of sp³-hybridized carbons (Fsp3) is 0.667. The molecule has 1 aliphatic heterocycles. The van der Waals surface area contributed by atoms with E-state index in [1.54, 1.807) is 0 Å². The molecular formula is C15H25N3. The number of pyridine rings is 1. The molecule has 3 nitrogen and oxygen atoms in total. The van der Waals surface area contributed by atoms with E-state index in [0.717, 1.165) is 19.0 Å². The van der Waals surface area contributed by atoms with Gasteiger partial charge in [-0.15, -0.1) is 0 Å². The largest absolute Gasteiger partial charge is 0.385 e. The zero-order chi connectivity index (χ0) is 13.0. The first kappa shape index (κ1) is 13.3. The van der Waals surface area contributed by atoms with Gasteiger partial charge in [0.25, 0.3) is 0 Å². The third kappa shape index (κ3) is 3.45. The number of anilines is 1. The van der Waals surface area contributed by atoms with Crippen molar-refractivity contribution in [3.63, 3.8) is 0 Å². The quantitative estimate of drug-likeness (QED) is 0.886. The van der Waals surface area contributed by atoms with E-state index in [1.165, 1.54) is 30.8 Å². The fourth-order valence-electron chi connectivity index (χ4n) is 2.78. The van der Waals surface area contributed by atoms with Gasteiger partial charge in [-0.3, -0.25) is 9.88 Å². The molecule has 100 valence electrons. The van der Waals surface area contributed by atoms with Crippen molar-refractivity contribution in [2.75, 3.05) is 18.4 Å². The van der Waals surface area contributed by atoms with Crippen LogP contribution in [0.25, 0.3) is 0 Å². The number of hydrogen-bond donors (Lipinski definition) is 1. The fourth-order valence-corrected chi connectivity index (χ4v) is 2.78. The SMILES string of the molecule is CCNc1ccnc(CN2CCC(C)CC2C)c1. The van der Waals surface area contributed by atoms with E-state index in [9.17, 15) is 0 Å². The third-order valence-electron chi connectivity index (χ3n) is 3.84. The van der Waals surface area contributed by atoms with Crippen LogP contribution >= 0.6 is 0 Å². The molecule has 2 unspecified atom stereocenters. The predicted octanol–water partition coefficient (Wildman–Crippen LogP) is 3.13. The van der Waals surface area contributed by atoms with Crippen LogP contribution in [0.3, 0.4) is 0 Å². The number of likely N-dealkylation sites (tertiary alicyclic amines) is 1. The van der Waals surface area contributed by atoms with E-state index in [1.807, 2.05) is 12.3 Å². The maximum absolute atomic E-state index is 4.49. The number of aromatic nitrogens is 1. The molecule has 0 spiro atoms. The zero-order valence-corrected chi connectivity index (χ0v) is 11.8. The van der Waals surface area contributed by atoms with Crippen LogP contribution in [-0.4, -0.2) is 29.0 Å². The van der Waals surface area contributed by atoms with Crippen LogP contribution in [0, 0.1) is 5.92 Å². The van der Waals surface area contributed by atoms with Gasteiger partial charge in [0.2, 0.25) is 0 Å². The van der Waals surface area contributed by atoms with Crippen LogP contribution in [0.1, 0.15) is 39.3 Å². The van der Waals surface area contributed by atoms with Gasteiger partial charge in [-0.1, -0.05) is 6.92 Å². The summed E-state index contributed by atoms with van der Waals surface area (Å²) in [7, 11) is 0. The lowest BCUT2D eigenvalue weighted by Crippen LogP contribution is -2.39. The maximum Gasteiger partial charge on any atom is 0.0564 e. The molecule has 2 atom stereocenters. The molecule has 1 aliphatic rings. The lowest BCUT2D eigenvalue weighted by molar-refractivity contribution is 0.121. The van der Waals surface area contributed by atoms with Crippen molar-refractivity contribution >= 4 is 5.69 Å². The minimum Gasteiger partial charge on any atom is -0.385 e. The standard InChI is InChI=1S/C15H25N3/c1-4-16-14-5-7-17-15(10-14)11-18-8-6-12(2)9-13(18)3/h5,7,10,12-13H,4,6,8-9,11H2,1-3H3,(H,16,17). The maximum atomic E-state index is 4.49. The van der Waals surface area contributed by atoms with E-state index in [0.29, 0.717) is 6.04 Å². The molecule has 0 saturated carbocycles. The second kappa shape index (κ2) is 6.19. The highest BCUT2D eigenvalue weighted by atomic mass is 15.2. The molecule has 18 heavy (non-hydrogen) atoms. The molecule has 0 aromatic carbocycles. The van der Waals surface area contributed by atoms with Gasteiger partial charge in [0.15, 0.2) is 0 Å². The third-order valence-corrected chi connectivity index (χ3v) is 3.84. The molecule has 1 saturated heterocycles. The summed E-state index contributed by atoms with van der Waals surface area (Å²) >= 11 is 0. The molecule has 1 aromatic rings. The molecule has 0 amide bonds. The van der Waals surface area contributed by atoms with Gasteiger partial charge in [-0.2, -0.15) is 0 Å². The van der Waals surface area contributed by atoms with Crippen LogP contribution < -0.4 is 5.32 Å². The second-order valence-electron chi connectivity index (χ2n) is 5.52. The van der Waals surface area contributed by atoms with Gasteiger partial charge in [0.1, 0.15) is 0 Å². The number of piperidine rings is 1. The van der Waals surface area contributed by atoms with Crippen molar-refractivity contribution in [1.82, 2.24) is 9.88 Å². The summed E-state index contributed by atoms with van der Waals surface area (Å²) in [6, 6.07) is 4.89. The minimum absolute atomic E-state index is 0.679. The van der Waals surface area contributed by atoms with E-state index in [-0.39, 0.29) is 0 Å². The van der Waals surface area contributed by atoms with Gasteiger partial charge in [0, 0.05) is 31.0 Å². The van der Waals surface area contributed by atoms with Crippen LogP contribution in [0.2, 0.25) is 0 Å². The van der Waals surface area contributed by atoms with Gasteiger partial charge >= 0.3 is 0 Å². The highest BCUT2D eigenvalue weighted by molar-refractivity contribution is 5.42. The van der Waals surface area contributed by atoms with Crippen molar-refractivity contribution in [2.45, 2.75) is 46.2 Å². The van der Waals surface area contributed by atoms with Crippen LogP contribution in [0.4, 0.5) is 5.69 Å². The Kier molecular flexibility index (Phi) is 4.59. The number of nitrogens with zero attached hydrogens (tertiary/aromatic N) is 2. The van der Waals surface area contributed by atoms with Crippen molar-refractivity contribution in [3.8, 4) is 0 Å². The summed E-state index contributed by atoms with van der Waals surface area (Å²) in [5, 5.41) is 3.34. The Hall–Kier alpha value is -1.09. The van der Waals surface area contributed by atoms with E-state index >= 15 is 0 Å². The first-order chi connectivity index (χ1) is 8.69. The van der Waals surface area contributed by atoms with Crippen LogP contribution in [0.15, 0.2) is 18.3 Å². The first-order valence-electron chi connectivity index (χ1n) is 7.12. The Labute approximate surface area is 111 Å². The van der Waals surface area contributed by atoms with Gasteiger partial charge < -0.3 is 5.32 Å². The van der Waals surface area contributed by atoms with E-state index < -0.39 is 0 Å². The van der Waals surface area contributed by atoms with Gasteiger partial charge in [-0.05, 0) is 51.3 Å². The summed E-state index contributed by atoms with van der Waals surface area (Å²) < 4.78 is 0. The molecular weight excluding hydrogens is 222 g/mol. The lowest BCUT2D eigenvalue weighted by atomic mass is 9.93. The molecule has 0 aliphatic carbocycles. The molecule has 2 rings (SSSR count). The average molecular weight is 247 g/mol. The van der Waals surface area contributed by atoms with Gasteiger partial charge in [0.05, 0.1) is 5.69 Å². The molecule has 1 N–H and O–H groups in total. The average Bonchev–Trinajstić information content (AvgIpc) is 2.34. The lowest BCUT2D eigenvalue weighted by Gasteiger charge is -2.36. The monoisotopic (exact) mass is 247 g/mol. The molecule has 3 heteroatoms. The summed E-state index contributed by atoms with van der Waals surface area (Å²) in [5.74, 6) is 0.873. The summed E-state index contributed by atoms with van der Waals surface area (Å²) in [6.07, 6.45) is 4.54. The number of hydrogen-bond acceptors (Lipinski definition) is 3. The number of nitrogens with one attached hydrogen (secondary N) is 1. The predicted molar refractivity (Wildman–Crippen MR) is 76.7 cm³/mol. The zero-order valence-electron chi connectivity index (χ0n) is 11.8. The molecule has 0 bridgehead atoms. The highest BCUT2D eigenvalue weighted by Crippen LogP contribution is 2.23. The van der Waals surface area contributed by atoms with Crippen molar-refractivity contribution in [1.29, 1.82) is 0 Å². The normalized spacial score (nSPS) is 25.1. The molecule has 2 heterocycles. The Balaban J connectivity index is 1.98. The van der Waals surface area contributed by atoms with E-state index in [4.69, 9.17) is 0 Å². The summed E-state index contributed by atoms with van der Waals surface area (Å²) in [6.45, 7) is 9.96. The minimum atomic E-state index is 0.679. The van der Waals surface area contributed by atoms with Crippen LogP contribution in [-0.2, 0) is 6.54 Å². The van der Waals surface area contributed by atoms with Gasteiger partial charge in [-0.25, -0.2) is 0 Å². The Morgan fingerprint density at radius 3 is 3.00 bits per heavy atom. The second-order valence-corrected chi connectivity index (χ2v) is 5.52. The molecule has 1 fully saturated rings. The Morgan fingerprint density at radius 1 is 1.44 bits per heavy atom. The topological polar surface area (TPSA) is 28.2 Å². The summed E-state index contributed by atoms with van der Waals surface area (Å²) in [5.41, 5.74) is 2.36. The number of rotatable bonds is 4. The Morgan fingerprint density at radius 2 is 2.28 bits per heavy atom. The van der Waals surface area contributed by atoms with Crippen molar-refractivity contribution in [3.05, 3.63) is 24.0 Å². The molecule has 1 aromatic heterocycles. The van der Waals surface area contributed by atoms with Crippen LogP contribution in [0.5, 0.6) is 0 Å². The first-order valence-corrected chi connectivity index (χ1v) is 7.12. The molecule has 0 radical (unpaired) electrons. The van der Waals surface area contributed by atoms with E-state index in [2.05, 4.69) is 42.0 Å². The summed E-state index contributed by atoms with van der Waals surface area (Å²) in [4.78, 5) is 7.04. The smallest absolute Gasteiger partial charge is 0.0564 e. The highest BCUT2D eigenvalue weighted by Gasteiger charge is 2.22. The van der Waals surface area contributed by atoms with Crippen molar-refractivity contribution < 1.29 is 0 Å². The Bertz CT molecular complexity index is 378.